The van der Waals surface area contributed by atoms with Crippen molar-refractivity contribution in [1.82, 2.24) is 4.98 Å². The Morgan fingerprint density at radius 3 is 2.42 bits per heavy atom. The Morgan fingerprint density at radius 2 is 1.66 bits per heavy atom. The number of fused-ring (bicyclic) bond motifs is 1. The highest BCUT2D eigenvalue weighted by Gasteiger charge is 2.44. The number of carbonyl (C=O) groups excluding carboxylic acids is 2. The van der Waals surface area contributed by atoms with Crippen LogP contribution in [0.1, 0.15) is 33.8 Å². The molecule has 2 N–H and O–H groups in total. The number of anilines is 2. The zero-order valence-electron chi connectivity index (χ0n) is 20.6. The Hall–Kier alpha value is -4.00. The summed E-state index contributed by atoms with van der Waals surface area (Å²) in [4.78, 5) is 30.4. The van der Waals surface area contributed by atoms with Crippen LogP contribution in [0.4, 0.5) is 10.8 Å². The minimum atomic E-state index is -0.249. The smallest absolute Gasteiger partial charge is 0.255 e. The summed E-state index contributed by atoms with van der Waals surface area (Å²) < 4.78 is 0.827. The molecule has 7 heteroatoms. The van der Waals surface area contributed by atoms with E-state index in [9.17, 15) is 9.59 Å². The van der Waals surface area contributed by atoms with E-state index in [1.807, 2.05) is 37.3 Å². The molecule has 0 unspecified atom stereocenters. The number of hydrogen-bond donors (Lipinski definition) is 2. The number of nitrogens with zero attached hydrogens (tertiary/aromatic N) is 1. The van der Waals surface area contributed by atoms with E-state index in [4.69, 9.17) is 11.6 Å². The summed E-state index contributed by atoms with van der Waals surface area (Å²) in [6, 6.07) is 29.5. The number of benzene rings is 4. The average molecular weight is 538 g/mol. The lowest BCUT2D eigenvalue weighted by Crippen LogP contribution is -2.14. The van der Waals surface area contributed by atoms with E-state index in [0.717, 1.165) is 22.2 Å². The molecule has 0 saturated heterocycles. The van der Waals surface area contributed by atoms with Gasteiger partial charge < -0.3 is 10.6 Å². The fourth-order valence-electron chi connectivity index (χ4n) is 4.70. The van der Waals surface area contributed by atoms with Crippen molar-refractivity contribution in [3.63, 3.8) is 0 Å². The second-order valence-electron chi connectivity index (χ2n) is 9.51. The van der Waals surface area contributed by atoms with Gasteiger partial charge in [0.05, 0.1) is 20.9 Å². The molecule has 5 aromatic rings. The van der Waals surface area contributed by atoms with E-state index in [1.54, 1.807) is 24.3 Å². The first-order chi connectivity index (χ1) is 18.5. The molecule has 2 amide bonds. The highest BCUT2D eigenvalue weighted by molar-refractivity contribution is 7.22. The number of amides is 2. The topological polar surface area (TPSA) is 71.1 Å². The Bertz CT molecular complexity index is 1640. The van der Waals surface area contributed by atoms with Crippen molar-refractivity contribution in [3.8, 4) is 11.1 Å². The molecule has 1 aliphatic carbocycles. The van der Waals surface area contributed by atoms with Gasteiger partial charge in [0.2, 0.25) is 5.91 Å². The van der Waals surface area contributed by atoms with Crippen molar-refractivity contribution in [2.75, 3.05) is 10.6 Å². The largest absolute Gasteiger partial charge is 0.320 e. The molecule has 2 atom stereocenters. The summed E-state index contributed by atoms with van der Waals surface area (Å²) in [5, 5.41) is 6.91. The van der Waals surface area contributed by atoms with Gasteiger partial charge in [-0.2, -0.15) is 0 Å². The van der Waals surface area contributed by atoms with E-state index in [-0.39, 0.29) is 23.7 Å². The Labute approximate surface area is 229 Å². The molecule has 5 nitrogen and oxygen atoms in total. The van der Waals surface area contributed by atoms with Gasteiger partial charge in [0.25, 0.3) is 5.91 Å². The molecule has 188 valence electrons. The second kappa shape index (κ2) is 10.0. The molecule has 0 radical (unpaired) electrons. The first kappa shape index (κ1) is 24.3. The van der Waals surface area contributed by atoms with Crippen molar-refractivity contribution >= 4 is 55.8 Å². The summed E-state index contributed by atoms with van der Waals surface area (Å²) in [7, 11) is 0. The fraction of sp³-hybridized carbons (Fsp3) is 0.129. The van der Waals surface area contributed by atoms with Crippen molar-refractivity contribution < 1.29 is 9.59 Å². The lowest BCUT2D eigenvalue weighted by atomic mass is 10.0. The number of rotatable bonds is 6. The van der Waals surface area contributed by atoms with Gasteiger partial charge in [0.15, 0.2) is 5.13 Å². The minimum absolute atomic E-state index is 0.0200. The molecule has 38 heavy (non-hydrogen) atoms. The Kier molecular flexibility index (Phi) is 6.44. The first-order valence-electron chi connectivity index (χ1n) is 12.4. The molecule has 1 saturated carbocycles. The number of aromatic nitrogens is 1. The van der Waals surface area contributed by atoms with E-state index >= 15 is 0 Å². The maximum atomic E-state index is 12.9. The number of para-hydroxylation sites is 1. The summed E-state index contributed by atoms with van der Waals surface area (Å²) in [6.45, 7) is 1.90. The van der Waals surface area contributed by atoms with Crippen LogP contribution in [-0.2, 0) is 4.79 Å². The van der Waals surface area contributed by atoms with Crippen LogP contribution in [0, 0.1) is 12.8 Å². The number of aryl methyl sites for hydroxylation is 1. The predicted octanol–water partition coefficient (Wildman–Crippen LogP) is 7.92. The number of halogens is 1. The Morgan fingerprint density at radius 1 is 0.895 bits per heavy atom. The van der Waals surface area contributed by atoms with Crippen molar-refractivity contribution in [1.29, 1.82) is 0 Å². The van der Waals surface area contributed by atoms with Crippen LogP contribution < -0.4 is 10.6 Å². The van der Waals surface area contributed by atoms with E-state index in [0.29, 0.717) is 21.4 Å². The molecule has 1 heterocycles. The molecule has 1 aliphatic rings. The third kappa shape index (κ3) is 4.93. The van der Waals surface area contributed by atoms with E-state index in [1.165, 1.54) is 28.0 Å². The normalized spacial score (nSPS) is 16.3. The summed E-state index contributed by atoms with van der Waals surface area (Å²) in [5.74, 6) is -0.114. The van der Waals surface area contributed by atoms with Gasteiger partial charge in [-0.3, -0.25) is 9.59 Å². The highest BCUT2D eigenvalue weighted by Crippen LogP contribution is 2.48. The average Bonchev–Trinajstić information content (AvgIpc) is 3.64. The number of nitrogens with one attached hydrogen (secondary N) is 2. The van der Waals surface area contributed by atoms with Crippen LogP contribution in [-0.4, -0.2) is 16.8 Å². The van der Waals surface area contributed by atoms with Crippen LogP contribution in [0.5, 0.6) is 0 Å². The summed E-state index contributed by atoms with van der Waals surface area (Å²) in [5.41, 5.74) is 6.25. The fourth-order valence-corrected chi connectivity index (χ4v) is 5.88. The van der Waals surface area contributed by atoms with Gasteiger partial charge in [0.1, 0.15) is 0 Å². The third-order valence-electron chi connectivity index (χ3n) is 6.91. The number of hydrogen-bond acceptors (Lipinski definition) is 4. The third-order valence-corrected chi connectivity index (χ3v) is 8.16. The lowest BCUT2D eigenvalue weighted by molar-refractivity contribution is -0.117. The molecule has 1 fully saturated rings. The van der Waals surface area contributed by atoms with Gasteiger partial charge in [-0.15, -0.1) is 0 Å². The van der Waals surface area contributed by atoms with Crippen molar-refractivity contribution in [2.24, 2.45) is 5.92 Å². The second-order valence-corrected chi connectivity index (χ2v) is 11.0. The van der Waals surface area contributed by atoms with E-state index < -0.39 is 0 Å². The van der Waals surface area contributed by atoms with Crippen LogP contribution in [0.15, 0.2) is 91.0 Å². The van der Waals surface area contributed by atoms with E-state index in [2.05, 4.69) is 52.0 Å². The molecule has 0 spiro atoms. The Balaban J connectivity index is 1.11. The predicted molar refractivity (Wildman–Crippen MR) is 155 cm³/mol. The first-order valence-corrected chi connectivity index (χ1v) is 13.6. The van der Waals surface area contributed by atoms with Gasteiger partial charge >= 0.3 is 0 Å². The van der Waals surface area contributed by atoms with Crippen LogP contribution in [0.3, 0.4) is 0 Å². The molecular formula is C31H24ClN3O2S. The maximum absolute atomic E-state index is 12.9. The highest BCUT2D eigenvalue weighted by atomic mass is 35.5. The maximum Gasteiger partial charge on any atom is 0.255 e. The minimum Gasteiger partial charge on any atom is -0.320 e. The summed E-state index contributed by atoms with van der Waals surface area (Å²) >= 11 is 7.62. The van der Waals surface area contributed by atoms with Gasteiger partial charge in [-0.05, 0) is 65.8 Å². The molecule has 0 aliphatic heterocycles. The van der Waals surface area contributed by atoms with Crippen LogP contribution in [0.25, 0.3) is 21.3 Å². The van der Waals surface area contributed by atoms with Gasteiger partial charge in [-0.1, -0.05) is 89.7 Å². The van der Waals surface area contributed by atoms with Crippen LogP contribution in [0.2, 0.25) is 5.02 Å². The molecule has 4 aromatic carbocycles. The standard InChI is InChI=1S/C31H24ClN3O2S/c1-18-6-5-9-25(32)28(18)34-29(36)22-14-15-26-27(16-22)38-31(33-26)35-30(37)24-17-23(24)21-12-10-20(11-13-21)19-7-3-2-4-8-19/h2-16,23-24H,17H2,1H3,(H,34,36)(H,33,35,37)/t23-,24+/m0/s1. The number of thiazole rings is 1. The van der Waals surface area contributed by atoms with Crippen LogP contribution >= 0.6 is 22.9 Å². The zero-order valence-corrected chi connectivity index (χ0v) is 22.1. The quantitative estimate of drug-likeness (QED) is 0.231. The zero-order chi connectivity index (χ0) is 26.2. The van der Waals surface area contributed by atoms with Crippen molar-refractivity contribution in [3.05, 3.63) is 113 Å². The monoisotopic (exact) mass is 537 g/mol. The van der Waals surface area contributed by atoms with Gasteiger partial charge in [-0.25, -0.2) is 4.98 Å². The molecule has 0 bridgehead atoms. The molecule has 6 rings (SSSR count). The SMILES string of the molecule is Cc1cccc(Cl)c1NC(=O)c1ccc2nc(NC(=O)[C@@H]3C[C@H]3c3ccc(-c4ccccc4)cc3)sc2c1. The van der Waals surface area contributed by atoms with Crippen molar-refractivity contribution in [2.45, 2.75) is 19.3 Å². The molecule has 1 aromatic heterocycles. The van der Waals surface area contributed by atoms with Gasteiger partial charge in [0, 0.05) is 11.5 Å². The lowest BCUT2D eigenvalue weighted by Gasteiger charge is -2.10. The molecular weight excluding hydrogens is 514 g/mol. The number of carbonyl (C=O) groups is 2. The summed E-state index contributed by atoms with van der Waals surface area (Å²) in [6.07, 6.45) is 0.827.